The van der Waals surface area contributed by atoms with E-state index in [1.165, 1.54) is 0 Å². The van der Waals surface area contributed by atoms with Crippen molar-refractivity contribution in [3.63, 3.8) is 0 Å². The third-order valence-corrected chi connectivity index (χ3v) is 3.94. The summed E-state index contributed by atoms with van der Waals surface area (Å²) in [6.45, 7) is -0.724. The topological polar surface area (TPSA) is 207 Å². The molecule has 2 aliphatic heterocycles. The van der Waals surface area contributed by atoms with Gasteiger partial charge in [0.15, 0.2) is 18.7 Å². The minimum atomic E-state index is -1.93. The highest BCUT2D eigenvalue weighted by atomic mass is 16.7. The number of carboxylic acid groups (broad SMARTS) is 1. The van der Waals surface area contributed by atoms with Crippen molar-refractivity contribution in [3.05, 3.63) is 0 Å². The van der Waals surface area contributed by atoms with Gasteiger partial charge in [0.1, 0.15) is 42.7 Å². The summed E-state index contributed by atoms with van der Waals surface area (Å²) >= 11 is 0. The summed E-state index contributed by atoms with van der Waals surface area (Å²) < 4.78 is 14.7. The number of carboxylic acids is 1. The second-order valence-electron chi connectivity index (χ2n) is 5.56. The molecule has 2 rings (SSSR count). The summed E-state index contributed by atoms with van der Waals surface area (Å²) in [5.41, 5.74) is 0. The van der Waals surface area contributed by atoms with E-state index < -0.39 is 74.0 Å². The second-order valence-corrected chi connectivity index (χ2v) is 5.56. The Bertz CT molecular complexity index is 446. The Kier molecular flexibility index (Phi) is 6.09. The first-order valence-corrected chi connectivity index (χ1v) is 7.07. The van der Waals surface area contributed by atoms with E-state index in [4.69, 9.17) is 24.4 Å². The number of hydrogen-bond donors (Lipinski definition) is 8. The maximum Gasteiger partial charge on any atom is 0.335 e. The van der Waals surface area contributed by atoms with Gasteiger partial charge in [-0.15, -0.1) is 0 Å². The van der Waals surface area contributed by atoms with Crippen LogP contribution in [-0.2, 0) is 19.0 Å². The molecule has 2 fully saturated rings. The number of rotatable bonds is 4. The van der Waals surface area contributed by atoms with Crippen LogP contribution in [0.4, 0.5) is 0 Å². The van der Waals surface area contributed by atoms with E-state index in [0.29, 0.717) is 0 Å². The van der Waals surface area contributed by atoms with Crippen molar-refractivity contribution in [3.8, 4) is 0 Å². The third-order valence-electron chi connectivity index (χ3n) is 3.94. The zero-order valence-electron chi connectivity index (χ0n) is 12.2. The Morgan fingerprint density at radius 1 is 0.875 bits per heavy atom. The van der Waals surface area contributed by atoms with Gasteiger partial charge in [-0.2, -0.15) is 0 Å². The van der Waals surface area contributed by atoms with Gasteiger partial charge in [0.2, 0.25) is 0 Å². The highest BCUT2D eigenvalue weighted by Gasteiger charge is 2.51. The maximum absolute atomic E-state index is 11.0. The molecule has 0 saturated carbocycles. The summed E-state index contributed by atoms with van der Waals surface area (Å²) in [6, 6.07) is 0. The van der Waals surface area contributed by atoms with Crippen molar-refractivity contribution >= 4 is 5.97 Å². The van der Waals surface area contributed by atoms with E-state index in [-0.39, 0.29) is 0 Å². The molecule has 8 N–H and O–H groups in total. The van der Waals surface area contributed by atoms with Crippen LogP contribution >= 0.6 is 0 Å². The quantitative estimate of drug-likeness (QED) is 0.238. The van der Waals surface area contributed by atoms with Gasteiger partial charge < -0.3 is 55.1 Å². The van der Waals surface area contributed by atoms with Crippen molar-refractivity contribution < 1.29 is 59.9 Å². The SMILES string of the molecule is O=C(O)[C@H]1O[C@H](O[C@@H]2[C@H](O)[C@H](O)O[C@H](CO)[C@H]2O)[C@H](O)[C@@H](O)[C@@H]1O. The van der Waals surface area contributed by atoms with Gasteiger partial charge >= 0.3 is 5.97 Å². The predicted molar refractivity (Wildman–Crippen MR) is 69.2 cm³/mol. The van der Waals surface area contributed by atoms with Gasteiger partial charge in [0.05, 0.1) is 6.61 Å². The molecule has 0 unspecified atom stereocenters. The molecule has 24 heavy (non-hydrogen) atoms. The molecule has 0 radical (unpaired) electrons. The summed E-state index contributed by atoms with van der Waals surface area (Å²) in [4.78, 5) is 11.0. The number of hydrogen-bond acceptors (Lipinski definition) is 11. The number of aliphatic hydroxyl groups is 7. The highest BCUT2D eigenvalue weighted by molar-refractivity contribution is 5.73. The number of carbonyl (C=O) groups is 1. The lowest BCUT2D eigenvalue weighted by Crippen LogP contribution is -2.65. The van der Waals surface area contributed by atoms with Gasteiger partial charge in [-0.1, -0.05) is 0 Å². The average Bonchev–Trinajstić information content (AvgIpc) is 2.54. The number of ether oxygens (including phenoxy) is 3. The molecule has 2 heterocycles. The average molecular weight is 356 g/mol. The fourth-order valence-corrected chi connectivity index (χ4v) is 2.55. The van der Waals surface area contributed by atoms with Crippen LogP contribution in [0, 0.1) is 0 Å². The zero-order valence-corrected chi connectivity index (χ0v) is 12.2. The summed E-state index contributed by atoms with van der Waals surface area (Å²) in [5.74, 6) is -1.64. The monoisotopic (exact) mass is 356 g/mol. The molecule has 0 aromatic rings. The third kappa shape index (κ3) is 3.52. The molecule has 0 amide bonds. The normalized spacial score (nSPS) is 49.8. The Morgan fingerprint density at radius 3 is 2.04 bits per heavy atom. The molecule has 0 aliphatic carbocycles. The lowest BCUT2D eigenvalue weighted by molar-refractivity contribution is -0.351. The molecule has 0 bridgehead atoms. The van der Waals surface area contributed by atoms with Gasteiger partial charge in [0.25, 0.3) is 0 Å². The Balaban J connectivity index is 2.16. The van der Waals surface area contributed by atoms with Crippen molar-refractivity contribution in [2.75, 3.05) is 6.61 Å². The van der Waals surface area contributed by atoms with Crippen LogP contribution in [0.2, 0.25) is 0 Å². The molecular weight excluding hydrogens is 336 g/mol. The first kappa shape index (κ1) is 19.4. The molecule has 12 nitrogen and oxygen atoms in total. The Morgan fingerprint density at radius 2 is 1.50 bits per heavy atom. The minimum Gasteiger partial charge on any atom is -0.479 e. The molecule has 0 spiro atoms. The van der Waals surface area contributed by atoms with Crippen LogP contribution in [0.3, 0.4) is 0 Å². The molecular formula is C12H20O12. The van der Waals surface area contributed by atoms with Crippen LogP contribution in [-0.4, -0.2) is 115 Å². The van der Waals surface area contributed by atoms with E-state index in [1.54, 1.807) is 0 Å². The number of aliphatic hydroxyl groups excluding tert-OH is 7. The first-order chi connectivity index (χ1) is 11.2. The second kappa shape index (κ2) is 7.53. The van der Waals surface area contributed by atoms with Gasteiger partial charge in [-0.25, -0.2) is 4.79 Å². The smallest absolute Gasteiger partial charge is 0.335 e. The summed E-state index contributed by atoms with van der Waals surface area (Å²) in [7, 11) is 0. The van der Waals surface area contributed by atoms with E-state index in [0.717, 1.165) is 0 Å². The predicted octanol–water partition coefficient (Wildman–Crippen LogP) is -5.30. The van der Waals surface area contributed by atoms with Crippen LogP contribution < -0.4 is 0 Å². The Labute approximate surface area is 135 Å². The standard InChI is InChI=1S/C12H20O12/c13-1-2-3(14)8(7(18)11(21)22-2)23-12-6(17)4(15)5(16)9(24-12)10(19)20/h2-9,11-18,21H,1H2,(H,19,20)/t2-,3-,4+,5+,6-,7+,8+,9+,11-,12+/m1/s1. The molecule has 0 aromatic heterocycles. The van der Waals surface area contributed by atoms with Crippen LogP contribution in [0.15, 0.2) is 0 Å². The van der Waals surface area contributed by atoms with Crippen LogP contribution in [0.1, 0.15) is 0 Å². The molecule has 10 atom stereocenters. The highest BCUT2D eigenvalue weighted by Crippen LogP contribution is 2.28. The van der Waals surface area contributed by atoms with E-state index in [1.807, 2.05) is 0 Å². The van der Waals surface area contributed by atoms with Gasteiger partial charge in [-0.3, -0.25) is 0 Å². The minimum absolute atomic E-state index is 0.724. The van der Waals surface area contributed by atoms with Crippen LogP contribution in [0.5, 0.6) is 0 Å². The fraction of sp³-hybridized carbons (Fsp3) is 0.917. The number of aliphatic carboxylic acids is 1. The Hall–Kier alpha value is -0.930. The maximum atomic E-state index is 11.0. The molecule has 2 aliphatic rings. The van der Waals surface area contributed by atoms with Crippen molar-refractivity contribution in [1.29, 1.82) is 0 Å². The largest absolute Gasteiger partial charge is 0.479 e. The van der Waals surface area contributed by atoms with E-state index >= 15 is 0 Å². The van der Waals surface area contributed by atoms with E-state index in [2.05, 4.69) is 0 Å². The molecule has 140 valence electrons. The van der Waals surface area contributed by atoms with Gasteiger partial charge in [0, 0.05) is 0 Å². The summed E-state index contributed by atoms with van der Waals surface area (Å²) in [5, 5.41) is 76.4. The van der Waals surface area contributed by atoms with E-state index in [9.17, 15) is 35.4 Å². The van der Waals surface area contributed by atoms with Crippen LogP contribution in [0.25, 0.3) is 0 Å². The van der Waals surface area contributed by atoms with Crippen molar-refractivity contribution in [2.45, 2.75) is 61.4 Å². The molecule has 0 aromatic carbocycles. The zero-order chi connectivity index (χ0) is 18.2. The lowest BCUT2D eigenvalue weighted by Gasteiger charge is -2.44. The lowest BCUT2D eigenvalue weighted by atomic mass is 9.97. The first-order valence-electron chi connectivity index (χ1n) is 7.07. The van der Waals surface area contributed by atoms with Crippen molar-refractivity contribution in [2.24, 2.45) is 0 Å². The molecule has 2 saturated heterocycles. The van der Waals surface area contributed by atoms with Crippen molar-refractivity contribution in [1.82, 2.24) is 0 Å². The fourth-order valence-electron chi connectivity index (χ4n) is 2.55. The van der Waals surface area contributed by atoms with Gasteiger partial charge in [-0.05, 0) is 0 Å². The summed E-state index contributed by atoms with van der Waals surface area (Å²) in [6.07, 6.45) is -17.8. The molecule has 12 heteroatoms.